The zero-order chi connectivity index (χ0) is 19.0. The Labute approximate surface area is 162 Å². The minimum Gasteiger partial charge on any atom is -0.496 e. The molecule has 1 spiro atoms. The smallest absolute Gasteiger partial charge is 0.191 e. The number of aliphatic imine (C=N–C) groups is 1. The molecule has 5 heteroatoms. The molecule has 0 aromatic heterocycles. The van der Waals surface area contributed by atoms with Crippen molar-refractivity contribution in [3.63, 3.8) is 0 Å². The lowest BCUT2D eigenvalue weighted by Crippen LogP contribution is -2.69. The first-order valence-electron chi connectivity index (χ1n) is 10.3. The molecule has 0 radical (unpaired) electrons. The molecule has 4 unspecified atom stereocenters. The lowest BCUT2D eigenvalue weighted by molar-refractivity contribution is -0.125. The van der Waals surface area contributed by atoms with Gasteiger partial charge in [-0.25, -0.2) is 0 Å². The number of methoxy groups -OCH3 is 1. The molecule has 2 aliphatic carbocycles. The molecular formula is C22H33N3O2. The number of nitrogens with one attached hydrogen (secondary N) is 2. The van der Waals surface area contributed by atoms with Crippen molar-refractivity contribution in [2.24, 2.45) is 16.3 Å². The number of hydrogen-bond acceptors (Lipinski definition) is 3. The third-order valence-corrected chi connectivity index (χ3v) is 7.01. The van der Waals surface area contributed by atoms with Crippen molar-refractivity contribution in [1.82, 2.24) is 10.6 Å². The maximum atomic E-state index is 6.11. The second-order valence-corrected chi connectivity index (χ2v) is 8.49. The highest BCUT2D eigenvalue weighted by molar-refractivity contribution is 5.81. The number of rotatable bonds is 4. The largest absolute Gasteiger partial charge is 0.496 e. The highest BCUT2D eigenvalue weighted by Crippen LogP contribution is 2.60. The van der Waals surface area contributed by atoms with Crippen molar-refractivity contribution in [3.8, 4) is 5.75 Å². The molecule has 4 rings (SSSR count). The van der Waals surface area contributed by atoms with Gasteiger partial charge >= 0.3 is 0 Å². The molecule has 1 aromatic rings. The Hall–Kier alpha value is -1.75. The fourth-order valence-corrected chi connectivity index (χ4v) is 5.70. The van der Waals surface area contributed by atoms with Gasteiger partial charge in [0.1, 0.15) is 5.75 Å². The van der Waals surface area contributed by atoms with E-state index in [1.54, 1.807) is 7.11 Å². The molecule has 1 heterocycles. The maximum absolute atomic E-state index is 6.11. The SMILES string of the molecule is CN=C(NC(C)c1cc(C)ccc1OC)NC1C2CCOC2C12CCCC2. The van der Waals surface area contributed by atoms with Crippen LogP contribution in [-0.2, 0) is 4.74 Å². The first-order valence-corrected chi connectivity index (χ1v) is 10.3. The third-order valence-electron chi connectivity index (χ3n) is 7.01. The van der Waals surface area contributed by atoms with Gasteiger partial charge in [-0.05, 0) is 39.2 Å². The second kappa shape index (κ2) is 7.34. The first kappa shape index (κ1) is 18.6. The molecule has 5 nitrogen and oxygen atoms in total. The fraction of sp³-hybridized carbons (Fsp3) is 0.682. The summed E-state index contributed by atoms with van der Waals surface area (Å²) in [5, 5.41) is 7.37. The quantitative estimate of drug-likeness (QED) is 0.627. The van der Waals surface area contributed by atoms with Gasteiger partial charge in [0.2, 0.25) is 0 Å². The Balaban J connectivity index is 1.48. The first-order chi connectivity index (χ1) is 13.1. The molecule has 148 valence electrons. The van der Waals surface area contributed by atoms with Crippen molar-refractivity contribution in [2.45, 2.75) is 64.1 Å². The Morgan fingerprint density at radius 3 is 2.81 bits per heavy atom. The van der Waals surface area contributed by atoms with Crippen LogP contribution in [0.2, 0.25) is 0 Å². The normalized spacial score (nSPS) is 29.9. The molecule has 2 saturated carbocycles. The summed E-state index contributed by atoms with van der Waals surface area (Å²) in [6, 6.07) is 6.90. The van der Waals surface area contributed by atoms with E-state index < -0.39 is 0 Å². The zero-order valence-corrected chi connectivity index (χ0v) is 17.0. The summed E-state index contributed by atoms with van der Waals surface area (Å²) in [4.78, 5) is 4.53. The van der Waals surface area contributed by atoms with Crippen LogP contribution in [0, 0.1) is 18.3 Å². The van der Waals surface area contributed by atoms with Gasteiger partial charge in [0.15, 0.2) is 5.96 Å². The number of fused-ring (bicyclic) bond motifs is 2. The monoisotopic (exact) mass is 371 g/mol. The molecule has 0 amide bonds. The number of guanidine groups is 1. The van der Waals surface area contributed by atoms with Crippen LogP contribution in [0.5, 0.6) is 5.75 Å². The van der Waals surface area contributed by atoms with Gasteiger partial charge in [0.25, 0.3) is 0 Å². The van der Waals surface area contributed by atoms with E-state index in [-0.39, 0.29) is 6.04 Å². The van der Waals surface area contributed by atoms with Crippen LogP contribution < -0.4 is 15.4 Å². The van der Waals surface area contributed by atoms with Gasteiger partial charge in [-0.2, -0.15) is 0 Å². The van der Waals surface area contributed by atoms with E-state index in [1.807, 2.05) is 13.1 Å². The Morgan fingerprint density at radius 2 is 2.11 bits per heavy atom. The van der Waals surface area contributed by atoms with Crippen LogP contribution in [-0.4, -0.2) is 38.9 Å². The summed E-state index contributed by atoms with van der Waals surface area (Å²) >= 11 is 0. The lowest BCUT2D eigenvalue weighted by atomic mass is 9.54. The molecule has 0 bridgehead atoms. The predicted octanol–water partition coefficient (Wildman–Crippen LogP) is 3.58. The van der Waals surface area contributed by atoms with Crippen LogP contribution in [0.4, 0.5) is 0 Å². The third kappa shape index (κ3) is 3.10. The molecule has 1 saturated heterocycles. The molecular weight excluding hydrogens is 338 g/mol. The molecule has 2 N–H and O–H groups in total. The van der Waals surface area contributed by atoms with Crippen LogP contribution >= 0.6 is 0 Å². The van der Waals surface area contributed by atoms with Gasteiger partial charge in [-0.3, -0.25) is 4.99 Å². The number of benzene rings is 1. The van der Waals surface area contributed by atoms with Crippen molar-refractivity contribution in [3.05, 3.63) is 29.3 Å². The molecule has 27 heavy (non-hydrogen) atoms. The summed E-state index contributed by atoms with van der Waals surface area (Å²) in [6.45, 7) is 5.19. The minimum atomic E-state index is 0.112. The van der Waals surface area contributed by atoms with E-state index in [0.29, 0.717) is 23.5 Å². The van der Waals surface area contributed by atoms with E-state index in [9.17, 15) is 0 Å². The van der Waals surface area contributed by atoms with E-state index in [2.05, 4.69) is 41.6 Å². The zero-order valence-electron chi connectivity index (χ0n) is 17.0. The lowest BCUT2D eigenvalue weighted by Gasteiger charge is -2.57. The van der Waals surface area contributed by atoms with E-state index in [0.717, 1.165) is 23.9 Å². The summed E-state index contributed by atoms with van der Waals surface area (Å²) in [7, 11) is 3.59. The van der Waals surface area contributed by atoms with Crippen LogP contribution in [0.1, 0.15) is 56.2 Å². The molecule has 1 aromatic carbocycles. The maximum Gasteiger partial charge on any atom is 0.191 e. The molecule has 1 aliphatic heterocycles. The molecule has 4 atom stereocenters. The minimum absolute atomic E-state index is 0.112. The summed E-state index contributed by atoms with van der Waals surface area (Å²) < 4.78 is 11.7. The Bertz CT molecular complexity index is 712. The summed E-state index contributed by atoms with van der Waals surface area (Å²) in [5.41, 5.74) is 2.72. The molecule has 3 aliphatic rings. The predicted molar refractivity (Wildman–Crippen MR) is 108 cm³/mol. The highest BCUT2D eigenvalue weighted by atomic mass is 16.5. The van der Waals surface area contributed by atoms with Crippen molar-refractivity contribution in [1.29, 1.82) is 0 Å². The summed E-state index contributed by atoms with van der Waals surface area (Å²) in [6.07, 6.45) is 6.85. The number of ether oxygens (including phenoxy) is 2. The number of nitrogens with zero attached hydrogens (tertiary/aromatic N) is 1. The Kier molecular flexibility index (Phi) is 5.06. The van der Waals surface area contributed by atoms with Crippen LogP contribution in [0.25, 0.3) is 0 Å². The van der Waals surface area contributed by atoms with Gasteiger partial charge < -0.3 is 20.1 Å². The van der Waals surface area contributed by atoms with E-state index in [4.69, 9.17) is 9.47 Å². The van der Waals surface area contributed by atoms with Crippen LogP contribution in [0.3, 0.4) is 0 Å². The highest BCUT2D eigenvalue weighted by Gasteiger charge is 2.65. The van der Waals surface area contributed by atoms with Gasteiger partial charge in [-0.1, -0.05) is 30.5 Å². The summed E-state index contributed by atoms with van der Waals surface area (Å²) in [5.74, 6) is 2.43. The van der Waals surface area contributed by atoms with E-state index in [1.165, 1.54) is 37.7 Å². The van der Waals surface area contributed by atoms with Crippen molar-refractivity contribution < 1.29 is 9.47 Å². The molecule has 3 fully saturated rings. The topological polar surface area (TPSA) is 54.9 Å². The van der Waals surface area contributed by atoms with Crippen molar-refractivity contribution in [2.75, 3.05) is 20.8 Å². The number of aryl methyl sites for hydroxylation is 1. The van der Waals surface area contributed by atoms with Crippen LogP contribution in [0.15, 0.2) is 23.2 Å². The average Bonchev–Trinajstić information content (AvgIpc) is 3.33. The van der Waals surface area contributed by atoms with E-state index >= 15 is 0 Å². The van der Waals surface area contributed by atoms with Gasteiger partial charge in [-0.15, -0.1) is 0 Å². The van der Waals surface area contributed by atoms with Gasteiger partial charge in [0, 0.05) is 36.6 Å². The standard InChI is InChI=1S/C22H33N3O2/c1-14-7-8-18(26-4)17(13-14)15(2)24-21(23-3)25-19-16-9-12-27-20(16)22(19)10-5-6-11-22/h7-8,13,15-16,19-20H,5-6,9-12H2,1-4H3,(H2,23,24,25). The second-order valence-electron chi connectivity index (χ2n) is 8.49. The Morgan fingerprint density at radius 1 is 1.33 bits per heavy atom. The fourth-order valence-electron chi connectivity index (χ4n) is 5.70. The average molecular weight is 372 g/mol. The van der Waals surface area contributed by atoms with Crippen molar-refractivity contribution >= 4 is 5.96 Å². The number of hydrogen-bond donors (Lipinski definition) is 2. The van der Waals surface area contributed by atoms with Gasteiger partial charge in [0.05, 0.1) is 19.3 Å².